The van der Waals surface area contributed by atoms with E-state index in [9.17, 15) is 9.00 Å². The lowest BCUT2D eigenvalue weighted by Gasteiger charge is -2.50. The van der Waals surface area contributed by atoms with E-state index in [0.29, 0.717) is 18.7 Å². The molecule has 2 atom stereocenters. The number of nitrogens with one attached hydrogen (secondary N) is 2. The molecule has 2 aliphatic heterocycles. The third-order valence-electron chi connectivity index (χ3n) is 6.50. The van der Waals surface area contributed by atoms with E-state index in [0.717, 1.165) is 0 Å². The van der Waals surface area contributed by atoms with E-state index in [4.69, 9.17) is 10.5 Å². The van der Waals surface area contributed by atoms with Gasteiger partial charge in [0.15, 0.2) is 0 Å². The lowest BCUT2D eigenvalue weighted by molar-refractivity contribution is 0.102. The smallest absolute Gasteiger partial charge is 0.275 e. The minimum atomic E-state index is -3.03. The van der Waals surface area contributed by atoms with Crippen molar-refractivity contribution in [3.8, 4) is 5.88 Å². The van der Waals surface area contributed by atoms with Crippen molar-refractivity contribution in [3.05, 3.63) is 47.7 Å². The summed E-state index contributed by atoms with van der Waals surface area (Å²) in [6.07, 6.45) is 3.19. The molecule has 172 valence electrons. The Labute approximate surface area is 186 Å². The standard InChI is InChI=1S/C21H27FN6O3S/c1-20(2)19(23)28-21(3,16-7-8-26-32(16,20)30)13-9-12(5-6-14(13)22)27-18(29)15-10-25-17(31-4)11-24-15/h5-6,9-11,16,32H,7-8H2,1-4H3,(H2,23,28)(H,26,30)(H,27,29)/t16-,21+/m0/s1. The molecule has 1 amide bonds. The first-order valence-electron chi connectivity index (χ1n) is 10.2. The summed E-state index contributed by atoms with van der Waals surface area (Å²) >= 11 is 0. The molecule has 1 aromatic heterocycles. The van der Waals surface area contributed by atoms with E-state index in [1.165, 1.54) is 37.7 Å². The highest BCUT2D eigenvalue weighted by Gasteiger charge is 2.58. The summed E-state index contributed by atoms with van der Waals surface area (Å²) in [7, 11) is -1.58. The summed E-state index contributed by atoms with van der Waals surface area (Å²) in [5.41, 5.74) is 5.76. The van der Waals surface area contributed by atoms with Crippen molar-refractivity contribution < 1.29 is 18.1 Å². The Morgan fingerprint density at radius 1 is 1.31 bits per heavy atom. The Morgan fingerprint density at radius 3 is 2.72 bits per heavy atom. The molecule has 4 N–H and O–H groups in total. The summed E-state index contributed by atoms with van der Waals surface area (Å²) in [6, 6.07) is 4.22. The second-order valence-electron chi connectivity index (χ2n) is 8.67. The molecule has 3 heterocycles. The lowest BCUT2D eigenvalue weighted by Crippen LogP contribution is -2.64. The highest BCUT2D eigenvalue weighted by atomic mass is 32.3. The van der Waals surface area contributed by atoms with Crippen molar-refractivity contribution in [1.29, 1.82) is 0 Å². The summed E-state index contributed by atoms with van der Waals surface area (Å²) in [5.74, 6) is -0.520. The van der Waals surface area contributed by atoms with Crippen LogP contribution in [-0.2, 0) is 15.7 Å². The Kier molecular flexibility index (Phi) is 5.29. The molecule has 4 rings (SSSR count). The zero-order valence-electron chi connectivity index (χ0n) is 18.3. The van der Waals surface area contributed by atoms with Gasteiger partial charge in [-0.1, -0.05) is 0 Å². The van der Waals surface area contributed by atoms with E-state index < -0.39 is 37.4 Å². The largest absolute Gasteiger partial charge is 0.480 e. The fourth-order valence-electron chi connectivity index (χ4n) is 4.48. The number of fused-ring (bicyclic) bond motifs is 1. The zero-order chi connectivity index (χ0) is 23.3. The maximum Gasteiger partial charge on any atom is 0.275 e. The van der Waals surface area contributed by atoms with Gasteiger partial charge in [-0.3, -0.25) is 18.7 Å². The van der Waals surface area contributed by atoms with Gasteiger partial charge in [-0.2, -0.15) is 0 Å². The van der Waals surface area contributed by atoms with Gasteiger partial charge in [0.2, 0.25) is 5.88 Å². The van der Waals surface area contributed by atoms with Crippen LogP contribution in [0.5, 0.6) is 5.88 Å². The van der Waals surface area contributed by atoms with Gasteiger partial charge in [0.25, 0.3) is 5.91 Å². The number of nitrogens with zero attached hydrogens (tertiary/aromatic N) is 3. The van der Waals surface area contributed by atoms with Crippen LogP contribution in [0.25, 0.3) is 0 Å². The predicted octanol–water partition coefficient (Wildman–Crippen LogP) is 1.53. The van der Waals surface area contributed by atoms with Crippen LogP contribution in [0.4, 0.5) is 10.1 Å². The number of amidine groups is 1. The first-order valence-corrected chi connectivity index (χ1v) is 12.0. The SMILES string of the molecule is COc1cnc(C(=O)Nc2ccc(F)c([C@@]3(C)N=C(N)C(C)(C)[SH]4(=O)NCC[C@@H]34)c2)cn1. The number of benzene rings is 1. The first-order chi connectivity index (χ1) is 15.0. The van der Waals surface area contributed by atoms with Gasteiger partial charge < -0.3 is 15.8 Å². The van der Waals surface area contributed by atoms with Gasteiger partial charge in [-0.25, -0.2) is 14.4 Å². The Hall–Kier alpha value is -2.92. The molecule has 0 bridgehead atoms. The van der Waals surface area contributed by atoms with E-state index in [2.05, 4.69) is 25.0 Å². The van der Waals surface area contributed by atoms with Crippen LogP contribution >= 0.6 is 0 Å². The van der Waals surface area contributed by atoms with Crippen molar-refractivity contribution >= 4 is 27.5 Å². The number of thiol groups is 1. The number of rotatable bonds is 4. The van der Waals surface area contributed by atoms with Crippen molar-refractivity contribution in [3.63, 3.8) is 0 Å². The van der Waals surface area contributed by atoms with Gasteiger partial charge in [0, 0.05) is 17.8 Å². The van der Waals surface area contributed by atoms with Gasteiger partial charge in [-0.05, 0) is 55.5 Å². The van der Waals surface area contributed by atoms with Gasteiger partial charge in [-0.15, -0.1) is 0 Å². The monoisotopic (exact) mass is 462 g/mol. The van der Waals surface area contributed by atoms with Gasteiger partial charge in [0.1, 0.15) is 22.9 Å². The molecule has 9 nitrogen and oxygen atoms in total. The number of aromatic nitrogens is 2. The molecule has 2 aliphatic rings. The Bertz CT molecular complexity index is 1150. The molecule has 1 aromatic carbocycles. The van der Waals surface area contributed by atoms with E-state index in [1.807, 2.05) is 0 Å². The van der Waals surface area contributed by atoms with Crippen molar-refractivity contribution in [1.82, 2.24) is 14.7 Å². The van der Waals surface area contributed by atoms with Crippen molar-refractivity contribution in [2.24, 2.45) is 10.7 Å². The number of hydrogen-bond donors (Lipinski definition) is 4. The maximum absolute atomic E-state index is 15.1. The first kappa shape index (κ1) is 22.3. The molecular weight excluding hydrogens is 435 g/mol. The van der Waals surface area contributed by atoms with Crippen molar-refractivity contribution in [2.45, 2.75) is 42.7 Å². The number of amides is 1. The second kappa shape index (κ2) is 7.59. The van der Waals surface area contributed by atoms with Crippen LogP contribution in [0.1, 0.15) is 43.2 Å². The number of aliphatic imine (C=N–C) groups is 1. The quantitative estimate of drug-likeness (QED) is 0.510. The number of hydrogen-bond acceptors (Lipinski definition) is 7. The molecular formula is C21H27FN6O3S. The predicted molar refractivity (Wildman–Crippen MR) is 122 cm³/mol. The summed E-state index contributed by atoms with van der Waals surface area (Å²) in [5, 5.41) is 2.28. The minimum Gasteiger partial charge on any atom is -0.480 e. The third kappa shape index (κ3) is 3.27. The van der Waals surface area contributed by atoms with Crippen LogP contribution in [0.2, 0.25) is 0 Å². The van der Waals surface area contributed by atoms with Crippen molar-refractivity contribution in [2.75, 3.05) is 19.0 Å². The van der Waals surface area contributed by atoms with Crippen LogP contribution in [0.15, 0.2) is 35.6 Å². The third-order valence-corrected chi connectivity index (χ3v) is 10.7. The molecule has 1 fully saturated rings. The molecule has 1 saturated heterocycles. The number of carbonyl (C=O) groups is 1. The Morgan fingerprint density at radius 2 is 2.06 bits per heavy atom. The molecule has 11 heteroatoms. The molecule has 2 aromatic rings. The number of nitrogens with two attached hydrogens (primary N) is 1. The average Bonchev–Trinajstić information content (AvgIpc) is 3.18. The molecule has 0 unspecified atom stereocenters. The lowest BCUT2D eigenvalue weighted by atomic mass is 9.86. The van der Waals surface area contributed by atoms with E-state index in [-0.39, 0.29) is 23.0 Å². The molecule has 0 spiro atoms. The molecule has 0 aliphatic carbocycles. The second-order valence-corrected chi connectivity index (χ2v) is 12.0. The Balaban J connectivity index is 1.72. The molecule has 0 radical (unpaired) electrons. The molecule has 32 heavy (non-hydrogen) atoms. The van der Waals surface area contributed by atoms with E-state index in [1.54, 1.807) is 20.8 Å². The van der Waals surface area contributed by atoms with Crippen LogP contribution < -0.4 is 20.5 Å². The summed E-state index contributed by atoms with van der Waals surface area (Å²) in [4.78, 5) is 25.2. The van der Waals surface area contributed by atoms with Gasteiger partial charge >= 0.3 is 0 Å². The number of ether oxygens (including phenoxy) is 1. The van der Waals surface area contributed by atoms with Gasteiger partial charge in [0.05, 0.1) is 29.5 Å². The van der Waals surface area contributed by atoms with Crippen LogP contribution in [-0.4, -0.2) is 49.6 Å². The fraction of sp³-hybridized carbons (Fsp3) is 0.429. The summed E-state index contributed by atoms with van der Waals surface area (Å²) in [6.45, 7) is 5.90. The number of anilines is 1. The highest BCUT2D eigenvalue weighted by molar-refractivity contribution is 8.04. The minimum absolute atomic E-state index is 0.0778. The number of halogens is 1. The maximum atomic E-state index is 15.1. The van der Waals surface area contributed by atoms with Crippen LogP contribution in [0, 0.1) is 5.82 Å². The molecule has 0 saturated carbocycles. The number of carbonyl (C=O) groups excluding carboxylic acids is 1. The van der Waals surface area contributed by atoms with Crippen LogP contribution in [0.3, 0.4) is 0 Å². The van der Waals surface area contributed by atoms with E-state index >= 15 is 4.39 Å². The topological polar surface area (TPSA) is 132 Å². The highest BCUT2D eigenvalue weighted by Crippen LogP contribution is 2.49. The fourth-order valence-corrected chi connectivity index (χ4v) is 8.12. The summed E-state index contributed by atoms with van der Waals surface area (Å²) < 4.78 is 36.3. The zero-order valence-corrected chi connectivity index (χ0v) is 19.2. The normalized spacial score (nSPS) is 26.5. The number of methoxy groups -OCH3 is 1. The average molecular weight is 463 g/mol.